The maximum Gasteiger partial charge on any atom is 0.115 e. The lowest BCUT2D eigenvalue weighted by molar-refractivity contribution is 0.330. The fraction of sp³-hybridized carbons (Fsp3) is 0.250. The zero-order valence-electron chi connectivity index (χ0n) is 11.0. The number of likely N-dealkylation sites (N-methyl/N-ethyl adjacent to an activating group) is 1. The molecule has 0 radical (unpaired) electrons. The highest BCUT2D eigenvalue weighted by Gasteiger charge is 2.05. The average molecular weight is 320 g/mol. The van der Waals surface area contributed by atoms with Crippen LogP contribution in [0.3, 0.4) is 0 Å². The van der Waals surface area contributed by atoms with E-state index < -0.39 is 0 Å². The van der Waals surface area contributed by atoms with Crippen molar-refractivity contribution in [3.05, 3.63) is 64.1 Å². The first kappa shape index (κ1) is 14.1. The molecule has 0 fully saturated rings. The monoisotopic (exact) mass is 319 g/mol. The molecule has 0 saturated carbocycles. The van der Waals surface area contributed by atoms with Crippen molar-refractivity contribution in [1.29, 1.82) is 0 Å². The van der Waals surface area contributed by atoms with E-state index in [-0.39, 0.29) is 0 Å². The van der Waals surface area contributed by atoms with E-state index in [1.807, 2.05) is 18.2 Å². The molecule has 0 spiro atoms. The van der Waals surface area contributed by atoms with E-state index in [2.05, 4.69) is 52.1 Å². The Bertz CT molecular complexity index is 528. The van der Waals surface area contributed by atoms with E-state index >= 15 is 0 Å². The minimum atomic E-state index is 0.314. The number of halogens is 1. The van der Waals surface area contributed by atoms with Crippen molar-refractivity contribution in [2.45, 2.75) is 13.0 Å². The van der Waals surface area contributed by atoms with Crippen LogP contribution in [0.4, 0.5) is 0 Å². The molecule has 100 valence electrons. The summed E-state index contributed by atoms with van der Waals surface area (Å²) in [6.45, 7) is 1.81. The van der Waals surface area contributed by atoms with Gasteiger partial charge in [0.05, 0.1) is 0 Å². The number of phenols is 1. The van der Waals surface area contributed by atoms with Crippen molar-refractivity contribution in [2.75, 3.05) is 13.6 Å². The number of rotatable bonds is 5. The van der Waals surface area contributed by atoms with Crippen LogP contribution in [0.2, 0.25) is 0 Å². The molecular formula is C16H18BrNO. The van der Waals surface area contributed by atoms with Crippen LogP contribution >= 0.6 is 15.9 Å². The predicted octanol–water partition coefficient (Wildman–Crippen LogP) is 3.83. The van der Waals surface area contributed by atoms with Crippen LogP contribution < -0.4 is 0 Å². The molecule has 2 nitrogen and oxygen atoms in total. The molecule has 0 unspecified atom stereocenters. The quantitative estimate of drug-likeness (QED) is 0.905. The summed E-state index contributed by atoms with van der Waals surface area (Å²) in [5, 5.41) is 9.52. The van der Waals surface area contributed by atoms with Crippen LogP contribution in [0, 0.1) is 0 Å². The van der Waals surface area contributed by atoms with Gasteiger partial charge in [-0.2, -0.15) is 0 Å². The first-order valence-electron chi connectivity index (χ1n) is 6.35. The van der Waals surface area contributed by atoms with Gasteiger partial charge in [0.1, 0.15) is 5.75 Å². The lowest BCUT2D eigenvalue weighted by Crippen LogP contribution is -2.20. The maximum absolute atomic E-state index is 9.52. The Morgan fingerprint density at radius 1 is 1.11 bits per heavy atom. The Balaban J connectivity index is 1.90. The van der Waals surface area contributed by atoms with Gasteiger partial charge in [0.2, 0.25) is 0 Å². The van der Waals surface area contributed by atoms with E-state index in [9.17, 15) is 5.11 Å². The molecule has 0 amide bonds. The summed E-state index contributed by atoms with van der Waals surface area (Å²) in [5.74, 6) is 0.314. The number of phenolic OH excluding ortho intramolecular Hbond substituents is 1. The van der Waals surface area contributed by atoms with Crippen molar-refractivity contribution < 1.29 is 5.11 Å². The van der Waals surface area contributed by atoms with Gasteiger partial charge in [0, 0.05) is 17.6 Å². The Morgan fingerprint density at radius 3 is 2.58 bits per heavy atom. The second kappa shape index (κ2) is 6.73. The molecule has 2 aromatic carbocycles. The van der Waals surface area contributed by atoms with Gasteiger partial charge in [-0.3, -0.25) is 0 Å². The molecule has 0 atom stereocenters. The van der Waals surface area contributed by atoms with Crippen LogP contribution in [-0.4, -0.2) is 23.6 Å². The molecule has 2 aromatic rings. The number of aromatic hydroxyl groups is 1. The van der Waals surface area contributed by atoms with E-state index in [1.165, 1.54) is 5.56 Å². The molecule has 19 heavy (non-hydrogen) atoms. The molecule has 0 aliphatic carbocycles. The van der Waals surface area contributed by atoms with E-state index in [0.29, 0.717) is 5.75 Å². The van der Waals surface area contributed by atoms with Crippen molar-refractivity contribution in [3.63, 3.8) is 0 Å². The van der Waals surface area contributed by atoms with Crippen molar-refractivity contribution in [3.8, 4) is 5.75 Å². The van der Waals surface area contributed by atoms with Crippen molar-refractivity contribution in [2.24, 2.45) is 0 Å². The van der Waals surface area contributed by atoms with Gasteiger partial charge < -0.3 is 10.0 Å². The third-order valence-electron chi connectivity index (χ3n) is 3.09. The molecule has 2 rings (SSSR count). The van der Waals surface area contributed by atoms with Gasteiger partial charge in [-0.25, -0.2) is 0 Å². The second-order valence-electron chi connectivity index (χ2n) is 4.75. The average Bonchev–Trinajstić information content (AvgIpc) is 2.42. The summed E-state index contributed by atoms with van der Waals surface area (Å²) in [7, 11) is 2.10. The SMILES string of the molecule is CN(CCc1ccccc1)Cc1cc(O)ccc1Br. The highest BCUT2D eigenvalue weighted by Crippen LogP contribution is 2.22. The van der Waals surface area contributed by atoms with Crippen LogP contribution in [0.25, 0.3) is 0 Å². The largest absolute Gasteiger partial charge is 0.508 e. The normalized spacial score (nSPS) is 10.9. The Labute approximate surface area is 122 Å². The molecule has 0 saturated heterocycles. The summed E-state index contributed by atoms with van der Waals surface area (Å²) in [6.07, 6.45) is 1.04. The first-order valence-corrected chi connectivity index (χ1v) is 7.14. The Hall–Kier alpha value is -1.32. The van der Waals surface area contributed by atoms with E-state index in [1.54, 1.807) is 6.07 Å². The minimum Gasteiger partial charge on any atom is -0.508 e. The smallest absolute Gasteiger partial charge is 0.115 e. The lowest BCUT2D eigenvalue weighted by Gasteiger charge is -2.17. The van der Waals surface area contributed by atoms with Gasteiger partial charge in [0.15, 0.2) is 0 Å². The highest BCUT2D eigenvalue weighted by atomic mass is 79.9. The molecule has 0 heterocycles. The Morgan fingerprint density at radius 2 is 1.84 bits per heavy atom. The molecule has 3 heteroatoms. The number of benzene rings is 2. The van der Waals surface area contributed by atoms with Gasteiger partial charge in [0.25, 0.3) is 0 Å². The third-order valence-corrected chi connectivity index (χ3v) is 3.87. The summed E-state index contributed by atoms with van der Waals surface area (Å²) >= 11 is 3.52. The summed E-state index contributed by atoms with van der Waals surface area (Å²) in [5.41, 5.74) is 2.46. The van der Waals surface area contributed by atoms with Crippen LogP contribution in [-0.2, 0) is 13.0 Å². The van der Waals surface area contributed by atoms with Crippen LogP contribution in [0.1, 0.15) is 11.1 Å². The fourth-order valence-electron chi connectivity index (χ4n) is 2.02. The molecular weight excluding hydrogens is 302 g/mol. The van der Waals surface area contributed by atoms with Gasteiger partial charge >= 0.3 is 0 Å². The summed E-state index contributed by atoms with van der Waals surface area (Å²) < 4.78 is 1.04. The van der Waals surface area contributed by atoms with Crippen LogP contribution in [0.15, 0.2) is 53.0 Å². The fourth-order valence-corrected chi connectivity index (χ4v) is 2.39. The Kier molecular flexibility index (Phi) is 5.00. The maximum atomic E-state index is 9.52. The second-order valence-corrected chi connectivity index (χ2v) is 5.60. The molecule has 0 bridgehead atoms. The number of hydrogen-bond donors (Lipinski definition) is 1. The summed E-state index contributed by atoms with van der Waals surface area (Å²) in [4.78, 5) is 2.26. The van der Waals surface area contributed by atoms with Gasteiger partial charge in [-0.05, 0) is 42.8 Å². The molecule has 0 aromatic heterocycles. The van der Waals surface area contributed by atoms with Gasteiger partial charge in [-0.1, -0.05) is 46.3 Å². The van der Waals surface area contributed by atoms with E-state index in [4.69, 9.17) is 0 Å². The summed E-state index contributed by atoms with van der Waals surface area (Å²) in [6, 6.07) is 15.9. The predicted molar refractivity (Wildman–Crippen MR) is 82.3 cm³/mol. The standard InChI is InChI=1S/C16H18BrNO/c1-18(10-9-13-5-3-2-4-6-13)12-14-11-15(19)7-8-16(14)17/h2-8,11,19H,9-10,12H2,1H3. The van der Waals surface area contributed by atoms with Crippen molar-refractivity contribution >= 4 is 15.9 Å². The zero-order valence-corrected chi connectivity index (χ0v) is 12.6. The molecule has 0 aliphatic heterocycles. The lowest BCUT2D eigenvalue weighted by atomic mass is 10.1. The number of nitrogens with zero attached hydrogens (tertiary/aromatic N) is 1. The van der Waals surface area contributed by atoms with Crippen molar-refractivity contribution in [1.82, 2.24) is 4.90 Å². The number of hydrogen-bond acceptors (Lipinski definition) is 2. The molecule has 0 aliphatic rings. The van der Waals surface area contributed by atoms with Gasteiger partial charge in [-0.15, -0.1) is 0 Å². The third kappa shape index (κ3) is 4.37. The van der Waals surface area contributed by atoms with Crippen LogP contribution in [0.5, 0.6) is 5.75 Å². The van der Waals surface area contributed by atoms with E-state index in [0.717, 1.165) is 29.5 Å². The highest BCUT2D eigenvalue weighted by molar-refractivity contribution is 9.10. The topological polar surface area (TPSA) is 23.5 Å². The molecule has 1 N–H and O–H groups in total. The first-order chi connectivity index (χ1) is 9.15. The minimum absolute atomic E-state index is 0.314. The zero-order chi connectivity index (χ0) is 13.7.